The molecule has 0 aromatic heterocycles. The number of carbonyl (C=O) groups excluding carboxylic acids is 2. The van der Waals surface area contributed by atoms with Gasteiger partial charge in [0, 0.05) is 6.92 Å². The summed E-state index contributed by atoms with van der Waals surface area (Å²) in [7, 11) is 0. The van der Waals surface area contributed by atoms with Crippen molar-refractivity contribution >= 4 is 23.4 Å². The van der Waals surface area contributed by atoms with Crippen molar-refractivity contribution in [2.45, 2.75) is 6.92 Å². The maximum atomic E-state index is 11.4. The molecule has 1 rings (SSSR count). The molecule has 0 aliphatic rings. The van der Waals surface area contributed by atoms with Gasteiger partial charge in [0.1, 0.15) is 0 Å². The summed E-state index contributed by atoms with van der Waals surface area (Å²) in [4.78, 5) is 21.9. The molecular formula is C9H9ClN2O2. The van der Waals surface area contributed by atoms with E-state index in [-0.39, 0.29) is 5.91 Å². The highest BCUT2D eigenvalue weighted by atomic mass is 35.5. The summed E-state index contributed by atoms with van der Waals surface area (Å²) in [6.45, 7) is 1.30. The second-order valence-electron chi connectivity index (χ2n) is 2.62. The van der Waals surface area contributed by atoms with Gasteiger partial charge < -0.3 is 0 Å². The summed E-state index contributed by atoms with van der Waals surface area (Å²) in [6.07, 6.45) is 0. The summed E-state index contributed by atoms with van der Waals surface area (Å²) in [5, 5.41) is 0.343. The smallest absolute Gasteiger partial charge is 0.271 e. The van der Waals surface area contributed by atoms with Gasteiger partial charge in [-0.2, -0.15) is 0 Å². The highest BCUT2D eigenvalue weighted by molar-refractivity contribution is 6.33. The Morgan fingerprint density at radius 1 is 1.21 bits per heavy atom. The number of nitrogens with one attached hydrogen (secondary N) is 2. The normalized spacial score (nSPS) is 9.29. The molecule has 1 aromatic carbocycles. The van der Waals surface area contributed by atoms with Gasteiger partial charge in [-0.25, -0.2) is 0 Å². The van der Waals surface area contributed by atoms with E-state index in [0.29, 0.717) is 10.6 Å². The molecule has 0 aliphatic carbocycles. The Labute approximate surface area is 86.2 Å². The fourth-order valence-corrected chi connectivity index (χ4v) is 1.08. The van der Waals surface area contributed by atoms with E-state index >= 15 is 0 Å². The Kier molecular flexibility index (Phi) is 3.48. The molecule has 0 saturated carbocycles. The third kappa shape index (κ3) is 2.74. The molecule has 0 atom stereocenters. The lowest BCUT2D eigenvalue weighted by Gasteiger charge is -2.05. The van der Waals surface area contributed by atoms with Gasteiger partial charge in [0.05, 0.1) is 10.6 Å². The molecule has 4 nitrogen and oxygen atoms in total. The number of benzene rings is 1. The van der Waals surface area contributed by atoms with Crippen molar-refractivity contribution in [3.8, 4) is 0 Å². The van der Waals surface area contributed by atoms with Gasteiger partial charge in [0.25, 0.3) is 5.91 Å². The van der Waals surface area contributed by atoms with E-state index in [9.17, 15) is 9.59 Å². The van der Waals surface area contributed by atoms with Crippen molar-refractivity contribution in [3.05, 3.63) is 34.9 Å². The first-order valence-corrected chi connectivity index (χ1v) is 4.30. The second-order valence-corrected chi connectivity index (χ2v) is 3.02. The van der Waals surface area contributed by atoms with Crippen LogP contribution in [0.25, 0.3) is 0 Å². The minimum atomic E-state index is -0.439. The van der Waals surface area contributed by atoms with Gasteiger partial charge in [0.2, 0.25) is 5.91 Å². The molecule has 2 N–H and O–H groups in total. The number of hydrazine groups is 1. The van der Waals surface area contributed by atoms with Crippen molar-refractivity contribution in [3.63, 3.8) is 0 Å². The van der Waals surface area contributed by atoms with Gasteiger partial charge in [-0.3, -0.25) is 20.4 Å². The summed E-state index contributed by atoms with van der Waals surface area (Å²) in [6, 6.07) is 6.58. The van der Waals surface area contributed by atoms with Gasteiger partial charge in [-0.15, -0.1) is 0 Å². The first kappa shape index (κ1) is 10.5. The van der Waals surface area contributed by atoms with E-state index in [1.807, 2.05) is 0 Å². The number of carbonyl (C=O) groups is 2. The van der Waals surface area contributed by atoms with Crippen LogP contribution in [-0.2, 0) is 4.79 Å². The minimum Gasteiger partial charge on any atom is -0.274 e. The predicted molar refractivity (Wildman–Crippen MR) is 52.7 cm³/mol. The van der Waals surface area contributed by atoms with Crippen LogP contribution >= 0.6 is 11.6 Å². The Bertz CT molecular complexity index is 366. The van der Waals surface area contributed by atoms with Crippen molar-refractivity contribution in [1.29, 1.82) is 0 Å². The molecule has 0 saturated heterocycles. The Hall–Kier alpha value is -1.55. The van der Waals surface area contributed by atoms with Crippen LogP contribution in [0.4, 0.5) is 0 Å². The van der Waals surface area contributed by atoms with Gasteiger partial charge in [-0.1, -0.05) is 23.7 Å². The molecule has 0 spiro atoms. The monoisotopic (exact) mass is 212 g/mol. The van der Waals surface area contributed by atoms with Crippen LogP contribution in [0.3, 0.4) is 0 Å². The fraction of sp³-hybridized carbons (Fsp3) is 0.111. The van der Waals surface area contributed by atoms with Gasteiger partial charge in [-0.05, 0) is 12.1 Å². The number of halogens is 1. The molecule has 0 aliphatic heterocycles. The Morgan fingerprint density at radius 2 is 1.86 bits per heavy atom. The lowest BCUT2D eigenvalue weighted by molar-refractivity contribution is -0.119. The molecule has 14 heavy (non-hydrogen) atoms. The van der Waals surface area contributed by atoms with Crippen LogP contribution in [0.5, 0.6) is 0 Å². The Morgan fingerprint density at radius 3 is 2.43 bits per heavy atom. The zero-order valence-electron chi connectivity index (χ0n) is 7.50. The number of hydrogen-bond donors (Lipinski definition) is 2. The average Bonchev–Trinajstić information content (AvgIpc) is 2.15. The lowest BCUT2D eigenvalue weighted by Crippen LogP contribution is -2.40. The maximum absolute atomic E-state index is 11.4. The summed E-state index contributed by atoms with van der Waals surface area (Å²) < 4.78 is 0. The molecular weight excluding hydrogens is 204 g/mol. The average molecular weight is 213 g/mol. The zero-order valence-corrected chi connectivity index (χ0v) is 8.26. The van der Waals surface area contributed by atoms with Crippen LogP contribution in [0, 0.1) is 0 Å². The highest BCUT2D eigenvalue weighted by Crippen LogP contribution is 2.13. The summed E-state index contributed by atoms with van der Waals surface area (Å²) in [5.41, 5.74) is 4.71. The van der Waals surface area contributed by atoms with E-state index in [4.69, 9.17) is 11.6 Å². The lowest BCUT2D eigenvalue weighted by atomic mass is 10.2. The van der Waals surface area contributed by atoms with Gasteiger partial charge in [0.15, 0.2) is 0 Å². The van der Waals surface area contributed by atoms with Crippen molar-refractivity contribution in [1.82, 2.24) is 10.9 Å². The van der Waals surface area contributed by atoms with Crippen LogP contribution < -0.4 is 10.9 Å². The molecule has 2 amide bonds. The first-order chi connectivity index (χ1) is 6.61. The largest absolute Gasteiger partial charge is 0.274 e. The molecule has 5 heteroatoms. The Balaban J connectivity index is 2.70. The number of hydrogen-bond acceptors (Lipinski definition) is 2. The van der Waals surface area contributed by atoms with Gasteiger partial charge >= 0.3 is 0 Å². The number of rotatable bonds is 1. The predicted octanol–water partition coefficient (Wildman–Crippen LogP) is 1.12. The molecule has 74 valence electrons. The molecule has 0 unspecified atom stereocenters. The highest BCUT2D eigenvalue weighted by Gasteiger charge is 2.08. The van der Waals surface area contributed by atoms with E-state index in [1.165, 1.54) is 6.92 Å². The third-order valence-corrected chi connectivity index (χ3v) is 1.80. The van der Waals surface area contributed by atoms with Crippen molar-refractivity contribution in [2.75, 3.05) is 0 Å². The topological polar surface area (TPSA) is 58.2 Å². The molecule has 0 radical (unpaired) electrons. The summed E-state index contributed by atoms with van der Waals surface area (Å²) >= 11 is 5.76. The SMILES string of the molecule is CC(=O)NNC(=O)c1ccccc1Cl. The summed E-state index contributed by atoms with van der Waals surface area (Å²) in [5.74, 6) is -0.781. The van der Waals surface area contributed by atoms with Crippen molar-refractivity contribution in [2.24, 2.45) is 0 Å². The molecule has 0 heterocycles. The quantitative estimate of drug-likeness (QED) is 0.686. The minimum absolute atomic E-state index is 0.322. The number of amides is 2. The molecule has 1 aromatic rings. The van der Waals surface area contributed by atoms with Crippen LogP contribution in [-0.4, -0.2) is 11.8 Å². The zero-order chi connectivity index (χ0) is 10.6. The second kappa shape index (κ2) is 4.62. The molecule has 0 fully saturated rings. The van der Waals surface area contributed by atoms with Crippen LogP contribution in [0.2, 0.25) is 5.02 Å². The van der Waals surface area contributed by atoms with E-state index < -0.39 is 5.91 Å². The third-order valence-electron chi connectivity index (χ3n) is 1.47. The first-order valence-electron chi connectivity index (χ1n) is 3.92. The fourth-order valence-electron chi connectivity index (χ4n) is 0.857. The van der Waals surface area contributed by atoms with E-state index in [0.717, 1.165) is 0 Å². The van der Waals surface area contributed by atoms with Crippen LogP contribution in [0.15, 0.2) is 24.3 Å². The van der Waals surface area contributed by atoms with Crippen molar-refractivity contribution < 1.29 is 9.59 Å². The van der Waals surface area contributed by atoms with E-state index in [1.54, 1.807) is 24.3 Å². The molecule has 0 bridgehead atoms. The van der Waals surface area contributed by atoms with E-state index in [2.05, 4.69) is 10.9 Å². The maximum Gasteiger partial charge on any atom is 0.271 e. The standard InChI is InChI=1S/C9H9ClN2O2/c1-6(13)11-12-9(14)7-4-2-3-5-8(7)10/h2-5H,1H3,(H,11,13)(H,12,14). The van der Waals surface area contributed by atoms with Crippen LogP contribution in [0.1, 0.15) is 17.3 Å².